The van der Waals surface area contributed by atoms with Gasteiger partial charge in [-0.15, -0.1) is 11.3 Å². The molecule has 1 aliphatic heterocycles. The van der Waals surface area contributed by atoms with Crippen LogP contribution < -0.4 is 0 Å². The molecule has 2 rings (SSSR count). The van der Waals surface area contributed by atoms with Crippen molar-refractivity contribution in [1.29, 1.82) is 0 Å². The number of piperidine rings is 1. The minimum Gasteiger partial charge on any atom is -0.478 e. The van der Waals surface area contributed by atoms with Crippen molar-refractivity contribution in [3.05, 3.63) is 28.0 Å². The van der Waals surface area contributed by atoms with E-state index >= 15 is 0 Å². The summed E-state index contributed by atoms with van der Waals surface area (Å²) in [5, 5.41) is 10.5. The second-order valence-electron chi connectivity index (χ2n) is 5.87. The van der Waals surface area contributed by atoms with Crippen LogP contribution in [0, 0.1) is 5.41 Å². The zero-order valence-corrected chi connectivity index (χ0v) is 12.6. The normalized spacial score (nSPS) is 18.4. The molecule has 0 atom stereocenters. The Bertz CT molecular complexity index is 545. The maximum absolute atomic E-state index is 12.6. The molecule has 1 aliphatic rings. The third-order valence-electron chi connectivity index (χ3n) is 3.48. The van der Waals surface area contributed by atoms with E-state index in [1.165, 1.54) is 17.4 Å². The van der Waals surface area contributed by atoms with E-state index in [1.807, 2.05) is 10.3 Å². The number of aliphatic carboxylic acids is 1. The van der Waals surface area contributed by atoms with Crippen LogP contribution in [0.2, 0.25) is 0 Å². The number of likely N-dealkylation sites (tertiary alicyclic amines) is 1. The van der Waals surface area contributed by atoms with Crippen molar-refractivity contribution in [3.8, 4) is 0 Å². The predicted molar refractivity (Wildman–Crippen MR) is 79.9 cm³/mol. The molecule has 1 fully saturated rings. The minimum absolute atomic E-state index is 0.0119. The second-order valence-corrected chi connectivity index (χ2v) is 6.79. The van der Waals surface area contributed by atoms with Gasteiger partial charge in [-0.3, -0.25) is 4.79 Å². The van der Waals surface area contributed by atoms with Crippen molar-refractivity contribution in [3.63, 3.8) is 0 Å². The minimum atomic E-state index is -1.01. The third-order valence-corrected chi connectivity index (χ3v) is 4.40. The summed E-state index contributed by atoms with van der Waals surface area (Å²) in [6, 6.07) is 1.78. The summed E-state index contributed by atoms with van der Waals surface area (Å²) < 4.78 is 0. The molecule has 0 radical (unpaired) electrons. The lowest BCUT2D eigenvalue weighted by Gasteiger charge is -2.38. The second kappa shape index (κ2) is 5.79. The van der Waals surface area contributed by atoms with Crippen molar-refractivity contribution in [2.45, 2.75) is 26.7 Å². The summed E-state index contributed by atoms with van der Waals surface area (Å²) in [5.74, 6) is -0.994. The summed E-state index contributed by atoms with van der Waals surface area (Å²) in [4.78, 5) is 25.7. The smallest absolute Gasteiger partial charge is 0.328 e. The topological polar surface area (TPSA) is 57.6 Å². The Labute approximate surface area is 122 Å². The number of carboxylic acids is 1. The van der Waals surface area contributed by atoms with Crippen LogP contribution in [0.3, 0.4) is 0 Å². The molecule has 0 aliphatic carbocycles. The van der Waals surface area contributed by atoms with Crippen LogP contribution in [0.25, 0.3) is 6.08 Å². The molecule has 0 unspecified atom stereocenters. The Morgan fingerprint density at radius 2 is 2.20 bits per heavy atom. The highest BCUT2D eigenvalue weighted by molar-refractivity contribution is 7.12. The number of carbonyl (C=O) groups excluding carboxylic acids is 1. The van der Waals surface area contributed by atoms with Crippen LogP contribution >= 0.6 is 11.3 Å². The van der Waals surface area contributed by atoms with E-state index in [0.29, 0.717) is 10.4 Å². The number of rotatable bonds is 3. The zero-order chi connectivity index (χ0) is 14.8. The molecule has 108 valence electrons. The maximum atomic E-state index is 12.6. The predicted octanol–water partition coefficient (Wildman–Crippen LogP) is 3.11. The van der Waals surface area contributed by atoms with Gasteiger partial charge in [0.1, 0.15) is 0 Å². The fourth-order valence-corrected chi connectivity index (χ4v) is 3.38. The van der Waals surface area contributed by atoms with Crippen LogP contribution in [-0.4, -0.2) is 35.0 Å². The van der Waals surface area contributed by atoms with Gasteiger partial charge < -0.3 is 10.0 Å². The number of nitrogens with zero attached hydrogens (tertiary/aromatic N) is 1. The number of amides is 1. The summed E-state index contributed by atoms with van der Waals surface area (Å²) in [5.41, 5.74) is 0.841. The molecule has 0 spiro atoms. The molecule has 4 nitrogen and oxygen atoms in total. The first-order valence-corrected chi connectivity index (χ1v) is 7.55. The van der Waals surface area contributed by atoms with Gasteiger partial charge in [-0.2, -0.15) is 0 Å². The molecule has 0 bridgehead atoms. The molecule has 1 aromatic rings. The molecule has 0 saturated carbocycles. The van der Waals surface area contributed by atoms with Gasteiger partial charge in [-0.05, 0) is 41.3 Å². The van der Waals surface area contributed by atoms with E-state index in [-0.39, 0.29) is 11.3 Å². The molecule has 2 heterocycles. The summed E-state index contributed by atoms with van der Waals surface area (Å²) in [6.45, 7) is 5.88. The standard InChI is InChI=1S/C15H19NO3S/c1-15(2)7-3-8-16(10-15)14(19)13-11(6-9-20-13)4-5-12(17)18/h4-6,9H,3,7-8,10H2,1-2H3,(H,17,18). The van der Waals surface area contributed by atoms with Gasteiger partial charge in [0.2, 0.25) is 0 Å². The van der Waals surface area contributed by atoms with Gasteiger partial charge in [0.05, 0.1) is 4.88 Å². The molecule has 1 N–H and O–H groups in total. The fourth-order valence-electron chi connectivity index (χ4n) is 2.53. The van der Waals surface area contributed by atoms with E-state index in [0.717, 1.165) is 32.0 Å². The molecule has 20 heavy (non-hydrogen) atoms. The Morgan fingerprint density at radius 1 is 1.45 bits per heavy atom. The van der Waals surface area contributed by atoms with Crippen molar-refractivity contribution < 1.29 is 14.7 Å². The quantitative estimate of drug-likeness (QED) is 0.871. The van der Waals surface area contributed by atoms with Crippen molar-refractivity contribution in [1.82, 2.24) is 4.90 Å². The van der Waals surface area contributed by atoms with Gasteiger partial charge >= 0.3 is 5.97 Å². The highest BCUT2D eigenvalue weighted by Gasteiger charge is 2.30. The lowest BCUT2D eigenvalue weighted by atomic mass is 9.84. The zero-order valence-electron chi connectivity index (χ0n) is 11.8. The lowest BCUT2D eigenvalue weighted by molar-refractivity contribution is -0.131. The molecule has 5 heteroatoms. The van der Waals surface area contributed by atoms with Crippen LogP contribution in [0.4, 0.5) is 0 Å². The Balaban J connectivity index is 2.17. The molecule has 0 aromatic carbocycles. The van der Waals surface area contributed by atoms with Crippen molar-refractivity contribution >= 4 is 29.3 Å². The molecule has 1 amide bonds. The van der Waals surface area contributed by atoms with Crippen LogP contribution in [0.1, 0.15) is 41.9 Å². The first-order valence-electron chi connectivity index (χ1n) is 6.67. The molecule has 1 aromatic heterocycles. The number of thiophene rings is 1. The highest BCUT2D eigenvalue weighted by atomic mass is 32.1. The van der Waals surface area contributed by atoms with Gasteiger partial charge in [0, 0.05) is 19.2 Å². The monoisotopic (exact) mass is 293 g/mol. The molecular weight excluding hydrogens is 274 g/mol. The molecular formula is C15H19NO3S. The van der Waals surface area contributed by atoms with Crippen molar-refractivity contribution in [2.75, 3.05) is 13.1 Å². The SMILES string of the molecule is CC1(C)CCCN(C(=O)c2sccc2C=CC(=O)O)C1. The van der Waals surface area contributed by atoms with Gasteiger partial charge in [-0.25, -0.2) is 4.79 Å². The maximum Gasteiger partial charge on any atom is 0.328 e. The number of carbonyl (C=O) groups is 2. The van der Waals surface area contributed by atoms with E-state index in [9.17, 15) is 9.59 Å². The first kappa shape index (κ1) is 14.8. The summed E-state index contributed by atoms with van der Waals surface area (Å²) >= 11 is 1.37. The van der Waals surface area contributed by atoms with Crippen LogP contribution in [0.5, 0.6) is 0 Å². The summed E-state index contributed by atoms with van der Waals surface area (Å²) in [7, 11) is 0. The Kier molecular flexibility index (Phi) is 4.28. The first-order chi connectivity index (χ1) is 9.39. The van der Waals surface area contributed by atoms with E-state index < -0.39 is 5.97 Å². The van der Waals surface area contributed by atoms with Gasteiger partial charge in [0.25, 0.3) is 5.91 Å². The number of carboxylic acid groups (broad SMARTS) is 1. The van der Waals surface area contributed by atoms with Crippen LogP contribution in [-0.2, 0) is 4.79 Å². The van der Waals surface area contributed by atoms with Gasteiger partial charge in [0.15, 0.2) is 0 Å². The summed E-state index contributed by atoms with van der Waals surface area (Å²) in [6.07, 6.45) is 4.71. The average Bonchev–Trinajstić information content (AvgIpc) is 2.82. The Morgan fingerprint density at radius 3 is 2.85 bits per heavy atom. The largest absolute Gasteiger partial charge is 0.478 e. The van der Waals surface area contributed by atoms with Crippen LogP contribution in [0.15, 0.2) is 17.5 Å². The van der Waals surface area contributed by atoms with E-state index in [2.05, 4.69) is 13.8 Å². The number of hydrogen-bond donors (Lipinski definition) is 1. The Hall–Kier alpha value is -1.62. The molecule has 1 saturated heterocycles. The van der Waals surface area contributed by atoms with E-state index in [1.54, 1.807) is 6.07 Å². The van der Waals surface area contributed by atoms with Crippen molar-refractivity contribution in [2.24, 2.45) is 5.41 Å². The third kappa shape index (κ3) is 3.48. The highest BCUT2D eigenvalue weighted by Crippen LogP contribution is 2.30. The average molecular weight is 293 g/mol. The van der Waals surface area contributed by atoms with Gasteiger partial charge in [-0.1, -0.05) is 13.8 Å². The fraction of sp³-hybridized carbons (Fsp3) is 0.467. The number of hydrogen-bond acceptors (Lipinski definition) is 3. The lowest BCUT2D eigenvalue weighted by Crippen LogP contribution is -2.43. The van der Waals surface area contributed by atoms with E-state index in [4.69, 9.17) is 5.11 Å².